The lowest BCUT2D eigenvalue weighted by atomic mass is 9.80. The monoisotopic (exact) mass is 1870 g/mol. The molecule has 0 bridgehead atoms. The average molecular weight is 1870 g/mol. The summed E-state index contributed by atoms with van der Waals surface area (Å²) < 4.78 is 88.3. The minimum atomic E-state index is -4.87. The second-order valence-corrected chi connectivity index (χ2v) is 36.0. The Kier molecular flexibility index (Phi) is 57.3. The summed E-state index contributed by atoms with van der Waals surface area (Å²) in [6.45, 7) is 4.01. The molecule has 3 saturated heterocycles. The summed E-state index contributed by atoms with van der Waals surface area (Å²) in [6, 6.07) is -3.23. The van der Waals surface area contributed by atoms with Crippen LogP contribution in [0.1, 0.15) is 221 Å². The zero-order valence-corrected chi connectivity index (χ0v) is 76.7. The third-order valence-electron chi connectivity index (χ3n) is 22.5. The highest BCUT2D eigenvalue weighted by atomic mass is 31.2. The zero-order chi connectivity index (χ0) is 93.7. The van der Waals surface area contributed by atoms with Gasteiger partial charge in [-0.05, 0) is 115 Å². The van der Waals surface area contributed by atoms with E-state index >= 15 is 0 Å². The summed E-state index contributed by atoms with van der Waals surface area (Å²) in [5, 5.41) is 117. The Balaban J connectivity index is 1.24. The molecule has 16 unspecified atom stereocenters. The Morgan fingerprint density at radius 3 is 1.09 bits per heavy atom. The summed E-state index contributed by atoms with van der Waals surface area (Å²) >= 11 is 0. The minimum absolute atomic E-state index is 0.0118. The van der Waals surface area contributed by atoms with E-state index in [-0.39, 0.29) is 153 Å². The second kappa shape index (κ2) is 63.8. The lowest BCUT2D eigenvalue weighted by molar-refractivity contribution is -0.270. The van der Waals surface area contributed by atoms with Crippen molar-refractivity contribution in [3.63, 3.8) is 0 Å². The van der Waals surface area contributed by atoms with Gasteiger partial charge in [-0.3, -0.25) is 61.2 Å². The average Bonchev–Trinajstić information content (AvgIpc) is 0.792. The van der Waals surface area contributed by atoms with Gasteiger partial charge in [0.25, 0.3) is 0 Å². The van der Waals surface area contributed by atoms with Crippen LogP contribution >= 0.6 is 15.6 Å². The number of hydrogen-bond donors (Lipinski definition) is 18. The highest BCUT2D eigenvalue weighted by Gasteiger charge is 2.51. The van der Waals surface area contributed by atoms with Crippen molar-refractivity contribution in [2.45, 2.75) is 312 Å². The fourth-order valence-electron chi connectivity index (χ4n) is 15.2. The van der Waals surface area contributed by atoms with Gasteiger partial charge in [-0.2, -0.15) is 0 Å². The molecule has 18 N–H and O–H groups in total. The van der Waals surface area contributed by atoms with Crippen molar-refractivity contribution >= 4 is 68.8 Å². The van der Waals surface area contributed by atoms with E-state index in [1.165, 1.54) is 35.5 Å². The largest absolute Gasteiger partial charge is 0.472 e. The first-order chi connectivity index (χ1) is 60.6. The second-order valence-electron chi connectivity index (χ2n) is 33.1. The van der Waals surface area contributed by atoms with E-state index in [9.17, 15) is 113 Å². The molecule has 43 nitrogen and oxygen atoms in total. The van der Waals surface area contributed by atoms with Crippen LogP contribution in [0.25, 0.3) is 0 Å². The maximum absolute atomic E-state index is 13.9. The van der Waals surface area contributed by atoms with Gasteiger partial charge in [-0.15, -0.1) is 0 Å². The van der Waals surface area contributed by atoms with Gasteiger partial charge in [0.2, 0.25) is 53.2 Å². The summed E-state index contributed by atoms with van der Waals surface area (Å²) in [5.74, 6) is -1.98. The number of nitrogens with zero attached hydrogens (tertiary/aromatic N) is 3. The van der Waals surface area contributed by atoms with Crippen molar-refractivity contribution in [1.29, 1.82) is 0 Å². The zero-order valence-electron chi connectivity index (χ0n) is 74.9. The lowest BCUT2D eigenvalue weighted by Crippen LogP contribution is -2.66. The third kappa shape index (κ3) is 46.3. The molecule has 1 aliphatic carbocycles. The van der Waals surface area contributed by atoms with Crippen molar-refractivity contribution in [2.75, 3.05) is 145 Å². The molecule has 738 valence electrons. The van der Waals surface area contributed by atoms with Gasteiger partial charge in [0.15, 0.2) is 18.9 Å². The summed E-state index contributed by atoms with van der Waals surface area (Å²) in [4.78, 5) is 140. The van der Waals surface area contributed by atoms with Crippen molar-refractivity contribution in [3.05, 3.63) is 0 Å². The first-order valence-corrected chi connectivity index (χ1v) is 48.2. The number of unbranched alkanes of at least 4 members (excludes halogenated alkanes) is 12. The molecule has 9 amide bonds. The smallest absolute Gasteiger partial charge is 0.395 e. The summed E-state index contributed by atoms with van der Waals surface area (Å²) in [7, 11) is -9.74. The maximum Gasteiger partial charge on any atom is 0.472 e. The Morgan fingerprint density at radius 2 is 0.756 bits per heavy atom. The van der Waals surface area contributed by atoms with Gasteiger partial charge in [0.1, 0.15) is 60.4 Å². The highest BCUT2D eigenvalue weighted by molar-refractivity contribution is 7.47. The van der Waals surface area contributed by atoms with Gasteiger partial charge in [-0.25, -0.2) is 9.13 Å². The maximum atomic E-state index is 13.9. The Bertz CT molecular complexity index is 3250. The Labute approximate surface area is 745 Å². The number of aliphatic hydroxyl groups is 10. The van der Waals surface area contributed by atoms with Crippen LogP contribution in [-0.2, 0) is 104 Å². The molecular formula is C82H151N9O34P2. The lowest BCUT2D eigenvalue weighted by Gasteiger charge is -2.46. The Hall–Kier alpha value is -5.23. The number of carbonyl (C=O) groups excluding carboxylic acids is 9. The van der Waals surface area contributed by atoms with E-state index < -0.39 is 184 Å². The third-order valence-corrected chi connectivity index (χ3v) is 24.6. The molecule has 16 atom stereocenters. The first kappa shape index (κ1) is 114. The van der Waals surface area contributed by atoms with E-state index in [1.807, 2.05) is 0 Å². The number of rotatable bonds is 69. The van der Waals surface area contributed by atoms with Crippen LogP contribution in [0.4, 0.5) is 0 Å². The van der Waals surface area contributed by atoms with Crippen LogP contribution in [0.3, 0.4) is 0 Å². The van der Waals surface area contributed by atoms with Gasteiger partial charge in [-0.1, -0.05) is 52.4 Å². The van der Waals surface area contributed by atoms with Gasteiger partial charge >= 0.3 is 15.6 Å². The van der Waals surface area contributed by atoms with Gasteiger partial charge in [0.05, 0.1) is 78.3 Å². The Morgan fingerprint density at radius 1 is 0.409 bits per heavy atom. The number of ether oxygens (including phenoxy) is 7. The molecule has 0 spiro atoms. The topological polar surface area (TPSA) is 614 Å². The molecule has 3 heterocycles. The van der Waals surface area contributed by atoms with Crippen molar-refractivity contribution < 1.29 is 164 Å². The highest BCUT2D eigenvalue weighted by Crippen LogP contribution is 2.44. The van der Waals surface area contributed by atoms with E-state index in [1.54, 1.807) is 0 Å². The van der Waals surface area contributed by atoms with Crippen molar-refractivity contribution in [3.8, 4) is 0 Å². The number of nitrogens with one attached hydrogen (secondary N) is 6. The molecular weight excluding hydrogens is 1720 g/mol. The standard InChI is InChI=1S/C82H151N9O34P2/c1-57(2)61-30-32-62(33-31-61)115-47-38-90(70(104)28-16-7-19-35-84-66(100)24-12-9-21-44-116-79-72(86-58(3)97)76(108)74(106)64(54-94)124-79)40-49-120-127(113,114)122-51-42-91(71(105)29-17-8-20-36-85-67(101)25-13-10-22-45-117-80-73(87-59(4)98)77(109)75(107)65(55-95)125-80)41-50-121-126(111,112)119-48-39-89(37-43-92)69(103)27-15-6-18-34-83-68(102)26-14-11-23-46-118-81-78(88-60(5)99)82(110,56-96)52-63(53-93)123-81/h57,61-65,72-81,92-96,106-110H,6-56H2,1-5H3,(H,83,102)(H,84,100)(H,85,101)(H,86,97)(H,87,98)(H,88,99)(H,111,112)(H,113,114). The van der Waals surface area contributed by atoms with Crippen LogP contribution in [0.15, 0.2) is 0 Å². The number of phosphoric ester groups is 2. The van der Waals surface area contributed by atoms with Crippen LogP contribution in [0.5, 0.6) is 0 Å². The van der Waals surface area contributed by atoms with Crippen molar-refractivity contribution in [2.24, 2.45) is 11.8 Å². The number of amides is 9. The fourth-order valence-corrected chi connectivity index (χ4v) is 16.6. The molecule has 4 fully saturated rings. The number of hydrogen-bond acceptors (Lipinski definition) is 32. The minimum Gasteiger partial charge on any atom is -0.395 e. The quantitative estimate of drug-likeness (QED) is 0.0280. The molecule has 0 aromatic heterocycles. The molecule has 0 radical (unpaired) electrons. The van der Waals surface area contributed by atoms with E-state index in [0.29, 0.717) is 141 Å². The van der Waals surface area contributed by atoms with E-state index in [4.69, 9.17) is 51.3 Å². The van der Waals surface area contributed by atoms with Crippen LogP contribution in [-0.4, -0.2) is 365 Å². The molecule has 1 saturated carbocycles. The number of aliphatic hydroxyl groups excluding tert-OH is 9. The molecule has 3 aliphatic heterocycles. The predicted octanol–water partition coefficient (Wildman–Crippen LogP) is -0.0533. The molecule has 45 heteroatoms. The summed E-state index contributed by atoms with van der Waals surface area (Å²) in [5.41, 5.74) is -1.78. The van der Waals surface area contributed by atoms with Gasteiger partial charge in [0, 0.05) is 144 Å². The van der Waals surface area contributed by atoms with Crippen LogP contribution < -0.4 is 31.9 Å². The van der Waals surface area contributed by atoms with Crippen LogP contribution in [0, 0.1) is 11.8 Å². The molecule has 127 heavy (non-hydrogen) atoms. The number of phosphoric acid groups is 2. The van der Waals surface area contributed by atoms with Gasteiger partial charge < -0.3 is 141 Å². The van der Waals surface area contributed by atoms with E-state index in [2.05, 4.69) is 45.7 Å². The molecule has 0 aromatic carbocycles. The van der Waals surface area contributed by atoms with Crippen LogP contribution in [0.2, 0.25) is 0 Å². The SMILES string of the molecule is CC(=O)NC1C(OCCCCCC(=O)NCCCCCC(=O)N(CCOC2CCC(C(C)C)CC2)CCOP(=O)(O)OCCN(CCOP(=O)(O)OCCN(CCO)C(=O)CCCCCNC(=O)CCCCCOC2OC(CO)CC(O)(CO)C2NC(C)=O)C(=O)CCCCCNC(=O)CCCCCOC2OC(CO)C(O)C(O)C2NC(C)=O)OC(CO)C(O)C1O. The normalized spacial score (nSPS) is 25.3. The molecule has 4 aliphatic rings. The molecule has 4 rings (SSSR count). The number of carbonyl (C=O) groups is 9. The summed E-state index contributed by atoms with van der Waals surface area (Å²) in [6.07, 6.45) is 1.46. The molecule has 0 aromatic rings. The van der Waals surface area contributed by atoms with Crippen molar-refractivity contribution in [1.82, 2.24) is 46.6 Å². The predicted molar refractivity (Wildman–Crippen MR) is 455 cm³/mol. The first-order valence-electron chi connectivity index (χ1n) is 45.2. The fraction of sp³-hybridized carbons (Fsp3) is 0.890. The van der Waals surface area contributed by atoms with E-state index in [0.717, 1.165) is 25.7 Å².